The van der Waals surface area contributed by atoms with Crippen molar-refractivity contribution in [1.29, 1.82) is 0 Å². The van der Waals surface area contributed by atoms with Gasteiger partial charge in [-0.2, -0.15) is 0 Å². The van der Waals surface area contributed by atoms with Crippen molar-refractivity contribution in [3.8, 4) is 5.75 Å². The molecule has 0 radical (unpaired) electrons. The molecule has 1 heterocycles. The molecular weight excluding hydrogens is 358 g/mol. The van der Waals surface area contributed by atoms with E-state index in [-0.39, 0.29) is 22.2 Å². The van der Waals surface area contributed by atoms with E-state index < -0.39 is 4.92 Å². The van der Waals surface area contributed by atoms with E-state index in [0.29, 0.717) is 26.2 Å². The molecule has 8 heteroatoms. The van der Waals surface area contributed by atoms with Crippen molar-refractivity contribution in [3.63, 3.8) is 0 Å². The molecule has 3 rings (SSSR count). The summed E-state index contributed by atoms with van der Waals surface area (Å²) in [4.78, 5) is 26.9. The standard InChI is InChI=1S/C18H18ClN3O4/c1-26-17-5-3-2-4-15(17)20-8-10-21(11-9-20)18(23)13-6-7-14(19)16(12-13)22(24)25/h2-7,12H,8-11H2,1H3. The summed E-state index contributed by atoms with van der Waals surface area (Å²) < 4.78 is 5.39. The first-order chi connectivity index (χ1) is 12.5. The van der Waals surface area contributed by atoms with Crippen molar-refractivity contribution in [2.24, 2.45) is 0 Å². The third-order valence-corrected chi connectivity index (χ3v) is 4.70. The Bertz CT molecular complexity index is 835. The van der Waals surface area contributed by atoms with Crippen molar-refractivity contribution in [2.45, 2.75) is 0 Å². The van der Waals surface area contributed by atoms with Gasteiger partial charge in [-0.15, -0.1) is 0 Å². The van der Waals surface area contributed by atoms with Crippen LogP contribution in [0.3, 0.4) is 0 Å². The number of methoxy groups -OCH3 is 1. The fraction of sp³-hybridized carbons (Fsp3) is 0.278. The smallest absolute Gasteiger partial charge is 0.288 e. The number of hydrogen-bond acceptors (Lipinski definition) is 5. The lowest BCUT2D eigenvalue weighted by molar-refractivity contribution is -0.384. The molecule has 1 amide bonds. The third kappa shape index (κ3) is 3.57. The summed E-state index contributed by atoms with van der Waals surface area (Å²) >= 11 is 5.81. The molecule has 0 aromatic heterocycles. The van der Waals surface area contributed by atoms with E-state index >= 15 is 0 Å². The molecule has 0 N–H and O–H groups in total. The predicted molar refractivity (Wildman–Crippen MR) is 99.2 cm³/mol. The van der Waals surface area contributed by atoms with Gasteiger partial charge in [-0.25, -0.2) is 0 Å². The molecule has 0 bridgehead atoms. The molecule has 0 saturated carbocycles. The van der Waals surface area contributed by atoms with E-state index in [1.165, 1.54) is 18.2 Å². The number of rotatable bonds is 4. The number of nitrogens with zero attached hydrogens (tertiary/aromatic N) is 3. The highest BCUT2D eigenvalue weighted by Crippen LogP contribution is 2.29. The Balaban J connectivity index is 1.71. The molecule has 7 nitrogen and oxygen atoms in total. The lowest BCUT2D eigenvalue weighted by Crippen LogP contribution is -2.48. The zero-order valence-corrected chi connectivity index (χ0v) is 15.0. The number of para-hydroxylation sites is 2. The Morgan fingerprint density at radius 3 is 2.50 bits per heavy atom. The molecule has 2 aromatic carbocycles. The molecule has 26 heavy (non-hydrogen) atoms. The Labute approximate surface area is 155 Å². The molecule has 136 valence electrons. The number of hydrogen-bond donors (Lipinski definition) is 0. The Kier molecular flexibility index (Phi) is 5.27. The zero-order chi connectivity index (χ0) is 18.7. The Hall–Kier alpha value is -2.80. The topological polar surface area (TPSA) is 75.9 Å². The number of ether oxygens (including phenoxy) is 1. The van der Waals surface area contributed by atoms with Crippen LogP contribution in [-0.2, 0) is 0 Å². The maximum absolute atomic E-state index is 12.7. The molecule has 1 fully saturated rings. The minimum Gasteiger partial charge on any atom is -0.495 e. The number of carbonyl (C=O) groups excluding carboxylic acids is 1. The average molecular weight is 376 g/mol. The van der Waals surface area contributed by atoms with Gasteiger partial charge in [0.25, 0.3) is 11.6 Å². The van der Waals surface area contributed by atoms with E-state index in [9.17, 15) is 14.9 Å². The van der Waals surface area contributed by atoms with Crippen LogP contribution in [-0.4, -0.2) is 49.0 Å². The second kappa shape index (κ2) is 7.61. The van der Waals surface area contributed by atoms with E-state index in [2.05, 4.69) is 4.90 Å². The normalized spacial score (nSPS) is 14.2. The van der Waals surface area contributed by atoms with Crippen molar-refractivity contribution < 1.29 is 14.5 Å². The minimum absolute atomic E-state index is 0.0209. The fourth-order valence-electron chi connectivity index (χ4n) is 3.01. The maximum Gasteiger partial charge on any atom is 0.288 e. The highest BCUT2D eigenvalue weighted by Gasteiger charge is 2.25. The summed E-state index contributed by atoms with van der Waals surface area (Å²) in [6, 6.07) is 11.9. The van der Waals surface area contributed by atoms with Crippen LogP contribution in [0, 0.1) is 10.1 Å². The molecular formula is C18H18ClN3O4. The van der Waals surface area contributed by atoms with Crippen molar-refractivity contribution in [2.75, 3.05) is 38.2 Å². The largest absolute Gasteiger partial charge is 0.495 e. The summed E-state index contributed by atoms with van der Waals surface area (Å²) in [6.07, 6.45) is 0. The number of anilines is 1. The zero-order valence-electron chi connectivity index (χ0n) is 14.2. The van der Waals surface area contributed by atoms with Gasteiger partial charge in [0, 0.05) is 37.8 Å². The van der Waals surface area contributed by atoms with E-state index in [0.717, 1.165) is 11.4 Å². The van der Waals surface area contributed by atoms with Gasteiger partial charge in [-0.1, -0.05) is 23.7 Å². The van der Waals surface area contributed by atoms with Gasteiger partial charge in [0.15, 0.2) is 0 Å². The predicted octanol–water partition coefficient (Wildman–Crippen LogP) is 3.22. The monoisotopic (exact) mass is 375 g/mol. The van der Waals surface area contributed by atoms with Crippen molar-refractivity contribution in [3.05, 3.63) is 63.2 Å². The molecule has 2 aromatic rings. The van der Waals surface area contributed by atoms with Crippen LogP contribution < -0.4 is 9.64 Å². The summed E-state index contributed by atoms with van der Waals surface area (Å²) in [5, 5.41) is 11.0. The Morgan fingerprint density at radius 2 is 1.85 bits per heavy atom. The first-order valence-corrected chi connectivity index (χ1v) is 8.50. The summed E-state index contributed by atoms with van der Waals surface area (Å²) in [5.41, 5.74) is 1.00. The lowest BCUT2D eigenvalue weighted by atomic mass is 10.1. The van der Waals surface area contributed by atoms with Crippen LogP contribution in [0.4, 0.5) is 11.4 Å². The van der Waals surface area contributed by atoms with E-state index in [1.807, 2.05) is 24.3 Å². The molecule has 0 unspecified atom stereocenters. The molecule has 0 aliphatic carbocycles. The van der Waals surface area contributed by atoms with Gasteiger partial charge in [0.1, 0.15) is 10.8 Å². The van der Waals surface area contributed by atoms with Gasteiger partial charge < -0.3 is 14.5 Å². The van der Waals surface area contributed by atoms with Crippen LogP contribution in [0.15, 0.2) is 42.5 Å². The fourth-order valence-corrected chi connectivity index (χ4v) is 3.20. The van der Waals surface area contributed by atoms with Gasteiger partial charge >= 0.3 is 0 Å². The number of amides is 1. The van der Waals surface area contributed by atoms with Gasteiger partial charge in [0.2, 0.25) is 0 Å². The average Bonchev–Trinajstić information content (AvgIpc) is 2.67. The summed E-state index contributed by atoms with van der Waals surface area (Å²) in [5.74, 6) is 0.560. The first kappa shape index (κ1) is 18.0. The third-order valence-electron chi connectivity index (χ3n) is 4.38. The van der Waals surface area contributed by atoms with Crippen molar-refractivity contribution in [1.82, 2.24) is 4.90 Å². The molecule has 1 saturated heterocycles. The Morgan fingerprint density at radius 1 is 1.15 bits per heavy atom. The molecule has 0 atom stereocenters. The number of benzene rings is 2. The summed E-state index contributed by atoms with van der Waals surface area (Å²) in [6.45, 7) is 2.35. The summed E-state index contributed by atoms with van der Waals surface area (Å²) in [7, 11) is 1.63. The van der Waals surface area contributed by atoms with Crippen LogP contribution in [0.5, 0.6) is 5.75 Å². The van der Waals surface area contributed by atoms with Crippen LogP contribution in [0.1, 0.15) is 10.4 Å². The van der Waals surface area contributed by atoms with Crippen molar-refractivity contribution >= 4 is 28.9 Å². The lowest BCUT2D eigenvalue weighted by Gasteiger charge is -2.36. The van der Waals surface area contributed by atoms with Crippen LogP contribution in [0.25, 0.3) is 0 Å². The minimum atomic E-state index is -0.585. The van der Waals surface area contributed by atoms with Crippen LogP contribution in [0.2, 0.25) is 5.02 Å². The molecule has 1 aliphatic heterocycles. The van der Waals surface area contributed by atoms with E-state index in [1.54, 1.807) is 12.0 Å². The van der Waals surface area contributed by atoms with Gasteiger partial charge in [-0.3, -0.25) is 14.9 Å². The number of carbonyl (C=O) groups is 1. The second-order valence-corrected chi connectivity index (χ2v) is 6.28. The highest BCUT2D eigenvalue weighted by molar-refractivity contribution is 6.32. The maximum atomic E-state index is 12.7. The van der Waals surface area contributed by atoms with E-state index in [4.69, 9.17) is 16.3 Å². The van der Waals surface area contributed by atoms with Crippen LogP contribution >= 0.6 is 11.6 Å². The number of nitro benzene ring substituents is 1. The molecule has 0 spiro atoms. The number of halogens is 1. The number of nitro groups is 1. The van der Waals surface area contributed by atoms with Gasteiger partial charge in [0.05, 0.1) is 17.7 Å². The molecule has 1 aliphatic rings. The van der Waals surface area contributed by atoms with Gasteiger partial charge in [-0.05, 0) is 24.3 Å². The number of piperazine rings is 1. The quantitative estimate of drug-likeness (QED) is 0.605. The SMILES string of the molecule is COc1ccccc1N1CCN(C(=O)c2ccc(Cl)c([N+](=O)[O-])c2)CC1. The highest BCUT2D eigenvalue weighted by atomic mass is 35.5. The second-order valence-electron chi connectivity index (χ2n) is 5.87. The first-order valence-electron chi connectivity index (χ1n) is 8.12.